The Morgan fingerprint density at radius 3 is 2.65 bits per heavy atom. The molecular formula is C19H25N3O. The molecule has 0 saturated carbocycles. The molecule has 4 nitrogen and oxygen atoms in total. The number of methoxy groups -OCH3 is 1. The van der Waals surface area contributed by atoms with Crippen LogP contribution in [0.2, 0.25) is 0 Å². The fourth-order valence-corrected chi connectivity index (χ4v) is 3.27. The Morgan fingerprint density at radius 2 is 1.91 bits per heavy atom. The molecule has 3 rings (SSSR count). The molecule has 1 aliphatic rings. The van der Waals surface area contributed by atoms with Crippen LogP contribution < -0.4 is 15.4 Å². The van der Waals surface area contributed by atoms with Crippen LogP contribution in [-0.2, 0) is 0 Å². The number of nitrogens with one attached hydrogen (secondary N) is 2. The smallest absolute Gasteiger partial charge is 0.144 e. The minimum Gasteiger partial charge on any atom is -0.494 e. The van der Waals surface area contributed by atoms with Crippen LogP contribution in [0.15, 0.2) is 36.7 Å². The summed E-state index contributed by atoms with van der Waals surface area (Å²) in [5, 5.41) is 7.21. The van der Waals surface area contributed by atoms with E-state index in [-0.39, 0.29) is 0 Å². The van der Waals surface area contributed by atoms with Gasteiger partial charge in [0.15, 0.2) is 0 Å². The number of ether oxygens (including phenoxy) is 1. The van der Waals surface area contributed by atoms with Crippen LogP contribution in [0.25, 0.3) is 11.1 Å². The molecule has 0 spiro atoms. The summed E-state index contributed by atoms with van der Waals surface area (Å²) in [5.41, 5.74) is 4.52. The summed E-state index contributed by atoms with van der Waals surface area (Å²) in [6.45, 7) is 6.84. The maximum Gasteiger partial charge on any atom is 0.144 e. The molecule has 0 saturated heterocycles. The molecule has 2 aromatic rings. The van der Waals surface area contributed by atoms with E-state index < -0.39 is 0 Å². The van der Waals surface area contributed by atoms with Crippen molar-refractivity contribution < 1.29 is 4.74 Å². The van der Waals surface area contributed by atoms with Crippen molar-refractivity contribution in [2.24, 2.45) is 11.8 Å². The first-order valence-electron chi connectivity index (χ1n) is 8.24. The van der Waals surface area contributed by atoms with E-state index in [9.17, 15) is 0 Å². The Bertz CT molecular complexity index is 684. The van der Waals surface area contributed by atoms with E-state index in [0.717, 1.165) is 22.6 Å². The molecule has 2 atom stereocenters. The molecule has 1 aliphatic heterocycles. The molecule has 23 heavy (non-hydrogen) atoms. The Hall–Kier alpha value is -2.23. The average Bonchev–Trinajstić information content (AvgIpc) is 2.97. The second-order valence-corrected chi connectivity index (χ2v) is 6.71. The second-order valence-electron chi connectivity index (χ2n) is 6.71. The highest BCUT2D eigenvalue weighted by Crippen LogP contribution is 2.38. The summed E-state index contributed by atoms with van der Waals surface area (Å²) in [7, 11) is 1.68. The van der Waals surface area contributed by atoms with Crippen LogP contribution in [0.4, 0.5) is 11.4 Å². The van der Waals surface area contributed by atoms with Gasteiger partial charge in [0.05, 0.1) is 30.8 Å². The lowest BCUT2D eigenvalue weighted by Crippen LogP contribution is -2.30. The van der Waals surface area contributed by atoms with E-state index in [4.69, 9.17) is 4.74 Å². The lowest BCUT2D eigenvalue weighted by molar-refractivity contribution is 0.411. The van der Waals surface area contributed by atoms with Gasteiger partial charge in [0.2, 0.25) is 0 Å². The van der Waals surface area contributed by atoms with Crippen LogP contribution in [0.3, 0.4) is 0 Å². The van der Waals surface area contributed by atoms with Gasteiger partial charge < -0.3 is 15.4 Å². The van der Waals surface area contributed by atoms with Crippen molar-refractivity contribution >= 4 is 11.4 Å². The van der Waals surface area contributed by atoms with Crippen molar-refractivity contribution in [2.45, 2.75) is 33.4 Å². The Kier molecular flexibility index (Phi) is 4.42. The Balaban J connectivity index is 1.83. The molecule has 0 radical (unpaired) electrons. The predicted molar refractivity (Wildman–Crippen MR) is 95.9 cm³/mol. The van der Waals surface area contributed by atoms with Crippen LogP contribution >= 0.6 is 0 Å². The van der Waals surface area contributed by atoms with E-state index in [0.29, 0.717) is 18.0 Å². The summed E-state index contributed by atoms with van der Waals surface area (Å²) >= 11 is 0. The summed E-state index contributed by atoms with van der Waals surface area (Å²) in [4.78, 5) is 4.12. The molecule has 0 bridgehead atoms. The number of anilines is 2. The molecule has 0 fully saturated rings. The number of nitrogens with zero attached hydrogens (tertiary/aromatic N) is 1. The van der Waals surface area contributed by atoms with Crippen LogP contribution in [0, 0.1) is 11.8 Å². The third-order valence-electron chi connectivity index (χ3n) is 4.37. The quantitative estimate of drug-likeness (QED) is 0.847. The second kappa shape index (κ2) is 6.49. The lowest BCUT2D eigenvalue weighted by Gasteiger charge is -2.22. The zero-order chi connectivity index (χ0) is 16.4. The van der Waals surface area contributed by atoms with Crippen molar-refractivity contribution in [2.75, 3.05) is 17.7 Å². The first kappa shape index (κ1) is 15.7. The first-order chi connectivity index (χ1) is 11.1. The fourth-order valence-electron chi connectivity index (χ4n) is 3.27. The SMILES string of the molecule is COc1cnccc1-c1ccc2c(c1)NC(C(C)CC(C)C)N2. The molecule has 2 heterocycles. The molecule has 0 amide bonds. The van der Waals surface area contributed by atoms with Gasteiger partial charge in [0, 0.05) is 11.8 Å². The van der Waals surface area contributed by atoms with Crippen LogP contribution in [0.1, 0.15) is 27.2 Å². The van der Waals surface area contributed by atoms with Crippen LogP contribution in [0.5, 0.6) is 5.75 Å². The van der Waals surface area contributed by atoms with Crippen molar-refractivity contribution in [3.05, 3.63) is 36.7 Å². The maximum absolute atomic E-state index is 5.42. The number of benzene rings is 1. The number of fused-ring (bicyclic) bond motifs is 1. The summed E-state index contributed by atoms with van der Waals surface area (Å²) in [5.74, 6) is 2.07. The number of rotatable bonds is 5. The minimum absolute atomic E-state index is 0.294. The number of aromatic nitrogens is 1. The van der Waals surface area contributed by atoms with E-state index in [1.165, 1.54) is 12.1 Å². The zero-order valence-corrected chi connectivity index (χ0v) is 14.3. The van der Waals surface area contributed by atoms with Gasteiger partial charge in [-0.05, 0) is 42.0 Å². The predicted octanol–water partition coefficient (Wildman–Crippen LogP) is 4.60. The van der Waals surface area contributed by atoms with Crippen molar-refractivity contribution in [1.29, 1.82) is 0 Å². The zero-order valence-electron chi connectivity index (χ0n) is 14.3. The van der Waals surface area contributed by atoms with Gasteiger partial charge in [-0.1, -0.05) is 26.8 Å². The third kappa shape index (κ3) is 3.26. The topological polar surface area (TPSA) is 46.2 Å². The first-order valence-corrected chi connectivity index (χ1v) is 8.24. The Morgan fingerprint density at radius 1 is 1.13 bits per heavy atom. The summed E-state index contributed by atoms with van der Waals surface area (Å²) < 4.78 is 5.42. The van der Waals surface area contributed by atoms with Gasteiger partial charge in [0.25, 0.3) is 0 Å². The highest BCUT2D eigenvalue weighted by molar-refractivity contribution is 5.82. The summed E-state index contributed by atoms with van der Waals surface area (Å²) in [6, 6.07) is 8.44. The highest BCUT2D eigenvalue weighted by atomic mass is 16.5. The third-order valence-corrected chi connectivity index (χ3v) is 4.37. The van der Waals surface area contributed by atoms with E-state index in [2.05, 4.69) is 54.6 Å². The molecular weight excluding hydrogens is 286 g/mol. The molecule has 1 aromatic heterocycles. The van der Waals surface area contributed by atoms with E-state index in [1.54, 1.807) is 19.5 Å². The van der Waals surface area contributed by atoms with Crippen LogP contribution in [-0.4, -0.2) is 18.3 Å². The molecule has 2 N–H and O–H groups in total. The average molecular weight is 311 g/mol. The van der Waals surface area contributed by atoms with Crippen molar-refractivity contribution in [3.63, 3.8) is 0 Å². The molecule has 2 unspecified atom stereocenters. The van der Waals surface area contributed by atoms with Gasteiger partial charge in [-0.3, -0.25) is 4.98 Å². The van der Waals surface area contributed by atoms with E-state index in [1.807, 2.05) is 6.07 Å². The standard InChI is InChI=1S/C19H25N3O/c1-12(2)9-13(3)19-21-16-6-5-14(10-17(16)22-19)15-7-8-20-11-18(15)23-4/h5-8,10-13,19,21-22H,9H2,1-4H3. The van der Waals surface area contributed by atoms with Gasteiger partial charge in [-0.2, -0.15) is 0 Å². The largest absolute Gasteiger partial charge is 0.494 e. The number of hydrogen-bond acceptors (Lipinski definition) is 4. The highest BCUT2D eigenvalue weighted by Gasteiger charge is 2.25. The molecule has 0 aliphatic carbocycles. The molecule has 122 valence electrons. The summed E-state index contributed by atoms with van der Waals surface area (Å²) in [6.07, 6.45) is 5.04. The van der Waals surface area contributed by atoms with Crippen molar-refractivity contribution in [3.8, 4) is 16.9 Å². The maximum atomic E-state index is 5.42. The van der Waals surface area contributed by atoms with Gasteiger partial charge in [-0.15, -0.1) is 0 Å². The minimum atomic E-state index is 0.294. The normalized spacial score (nSPS) is 17.3. The van der Waals surface area contributed by atoms with Gasteiger partial charge in [0.1, 0.15) is 5.75 Å². The molecule has 1 aromatic carbocycles. The Labute approximate surface area is 138 Å². The number of hydrogen-bond donors (Lipinski definition) is 2. The van der Waals surface area contributed by atoms with E-state index >= 15 is 0 Å². The van der Waals surface area contributed by atoms with Gasteiger partial charge in [-0.25, -0.2) is 0 Å². The van der Waals surface area contributed by atoms with Crippen molar-refractivity contribution in [1.82, 2.24) is 4.98 Å². The van der Waals surface area contributed by atoms with Gasteiger partial charge >= 0.3 is 0 Å². The lowest BCUT2D eigenvalue weighted by atomic mass is 9.96. The molecule has 4 heteroatoms. The number of pyridine rings is 1. The fraction of sp³-hybridized carbons (Fsp3) is 0.421. The monoisotopic (exact) mass is 311 g/mol.